The number of aryl methyl sites for hydroxylation is 1. The third-order valence-corrected chi connectivity index (χ3v) is 6.47. The summed E-state index contributed by atoms with van der Waals surface area (Å²) in [6, 6.07) is 19.0. The highest BCUT2D eigenvalue weighted by molar-refractivity contribution is 5.95. The molecule has 2 aliphatic rings. The predicted octanol–water partition coefficient (Wildman–Crippen LogP) is 4.42. The molecule has 1 amide bonds. The first-order chi connectivity index (χ1) is 16.1. The van der Waals surface area contributed by atoms with Gasteiger partial charge in [0.1, 0.15) is 5.82 Å². The Kier molecular flexibility index (Phi) is 6.35. The zero-order valence-electron chi connectivity index (χ0n) is 19.1. The lowest BCUT2D eigenvalue weighted by Crippen LogP contribution is -2.38. The summed E-state index contributed by atoms with van der Waals surface area (Å²) in [4.78, 5) is 24.1. The Morgan fingerprint density at radius 3 is 2.39 bits per heavy atom. The number of carbonyl (C=O) groups is 1. The van der Waals surface area contributed by atoms with Gasteiger partial charge in [-0.2, -0.15) is 0 Å². The second kappa shape index (κ2) is 9.71. The third-order valence-electron chi connectivity index (χ3n) is 6.47. The second-order valence-electron chi connectivity index (χ2n) is 9.23. The molecule has 5 rings (SSSR count). The van der Waals surface area contributed by atoms with Gasteiger partial charge in [0, 0.05) is 54.6 Å². The molecule has 1 saturated carbocycles. The Labute approximate surface area is 195 Å². The molecule has 3 aromatic rings. The van der Waals surface area contributed by atoms with Crippen molar-refractivity contribution in [3.8, 4) is 11.4 Å². The maximum Gasteiger partial charge on any atom is 0.251 e. The molecule has 6 nitrogen and oxygen atoms in total. The molecule has 6 heteroatoms. The molecule has 0 radical (unpaired) electrons. The van der Waals surface area contributed by atoms with E-state index >= 15 is 0 Å². The van der Waals surface area contributed by atoms with Crippen LogP contribution in [0.3, 0.4) is 0 Å². The number of aromatic nitrogens is 2. The fraction of sp³-hybridized carbons (Fsp3) is 0.370. The number of anilines is 1. The summed E-state index contributed by atoms with van der Waals surface area (Å²) in [5.74, 6) is 1.57. The Morgan fingerprint density at radius 2 is 1.70 bits per heavy atom. The van der Waals surface area contributed by atoms with Gasteiger partial charge in [0.15, 0.2) is 5.82 Å². The van der Waals surface area contributed by atoms with E-state index in [9.17, 15) is 4.79 Å². The fourth-order valence-electron chi connectivity index (χ4n) is 4.26. The number of hydrogen-bond donors (Lipinski definition) is 2. The first-order valence-corrected chi connectivity index (χ1v) is 11.9. The molecule has 1 aliphatic heterocycles. The van der Waals surface area contributed by atoms with E-state index < -0.39 is 0 Å². The molecule has 1 aliphatic carbocycles. The number of piperidine rings is 1. The number of nitrogens with zero attached hydrogens (tertiary/aromatic N) is 3. The van der Waals surface area contributed by atoms with Crippen LogP contribution in [-0.4, -0.2) is 45.9 Å². The molecule has 0 bridgehead atoms. The lowest BCUT2D eigenvalue weighted by atomic mass is 10.0. The van der Waals surface area contributed by atoms with Gasteiger partial charge in [-0.3, -0.25) is 9.69 Å². The maximum absolute atomic E-state index is 12.2. The largest absolute Gasteiger partial charge is 0.367 e. The number of carbonyl (C=O) groups excluding carboxylic acids is 1. The quantitative estimate of drug-likeness (QED) is 0.568. The average Bonchev–Trinajstić information content (AvgIpc) is 3.66. The van der Waals surface area contributed by atoms with Gasteiger partial charge in [-0.1, -0.05) is 42.5 Å². The van der Waals surface area contributed by atoms with Gasteiger partial charge in [-0.25, -0.2) is 9.97 Å². The Hall–Kier alpha value is -3.25. The summed E-state index contributed by atoms with van der Waals surface area (Å²) >= 11 is 0. The van der Waals surface area contributed by atoms with E-state index in [4.69, 9.17) is 4.98 Å². The SMILES string of the molecule is Cc1cnc(-c2ccc(C(=O)NC3CC3)cc2)nc1NC1CCN(Cc2ccccc2)CC1. The van der Waals surface area contributed by atoms with Gasteiger partial charge in [0.05, 0.1) is 0 Å². The van der Waals surface area contributed by atoms with Crippen LogP contribution in [0.15, 0.2) is 60.8 Å². The standard InChI is InChI=1S/C27H31N5O/c1-19-17-28-26(21-7-9-22(10-8-21)27(33)30-23-11-12-23)31-25(19)29-24-13-15-32(16-14-24)18-20-5-3-2-4-6-20/h2-10,17,23-24H,11-16,18H2,1H3,(H,30,33)(H,28,29,31). The molecule has 2 fully saturated rings. The minimum Gasteiger partial charge on any atom is -0.367 e. The Bertz CT molecular complexity index is 1090. The van der Waals surface area contributed by atoms with Crippen LogP contribution in [0.2, 0.25) is 0 Å². The van der Waals surface area contributed by atoms with Crippen molar-refractivity contribution in [1.82, 2.24) is 20.2 Å². The molecule has 2 aromatic carbocycles. The van der Waals surface area contributed by atoms with Crippen LogP contribution < -0.4 is 10.6 Å². The average molecular weight is 442 g/mol. The van der Waals surface area contributed by atoms with Crippen molar-refractivity contribution in [2.45, 2.75) is 51.2 Å². The lowest BCUT2D eigenvalue weighted by molar-refractivity contribution is 0.0951. The maximum atomic E-state index is 12.2. The number of rotatable bonds is 7. The Balaban J connectivity index is 1.20. The van der Waals surface area contributed by atoms with Crippen molar-refractivity contribution < 1.29 is 4.79 Å². The second-order valence-corrected chi connectivity index (χ2v) is 9.23. The summed E-state index contributed by atoms with van der Waals surface area (Å²) in [7, 11) is 0. The van der Waals surface area contributed by atoms with Crippen molar-refractivity contribution in [3.05, 3.63) is 77.5 Å². The van der Waals surface area contributed by atoms with Gasteiger partial charge < -0.3 is 10.6 Å². The van der Waals surface area contributed by atoms with Crippen LogP contribution >= 0.6 is 0 Å². The van der Waals surface area contributed by atoms with Crippen LogP contribution in [-0.2, 0) is 6.54 Å². The molecular weight excluding hydrogens is 410 g/mol. The molecule has 0 spiro atoms. The van der Waals surface area contributed by atoms with E-state index in [1.165, 1.54) is 5.56 Å². The minimum absolute atomic E-state index is 0.00478. The molecule has 1 aromatic heterocycles. The molecule has 0 atom stereocenters. The highest BCUT2D eigenvalue weighted by Crippen LogP contribution is 2.23. The van der Waals surface area contributed by atoms with Crippen LogP contribution in [0.25, 0.3) is 11.4 Å². The van der Waals surface area contributed by atoms with Crippen molar-refractivity contribution in [3.63, 3.8) is 0 Å². The molecule has 2 heterocycles. The molecule has 2 N–H and O–H groups in total. The van der Waals surface area contributed by atoms with Crippen LogP contribution in [0.5, 0.6) is 0 Å². The first kappa shape index (κ1) is 21.6. The van der Waals surface area contributed by atoms with Crippen LogP contribution in [0, 0.1) is 6.92 Å². The van der Waals surface area contributed by atoms with E-state index in [1.54, 1.807) is 0 Å². The summed E-state index contributed by atoms with van der Waals surface area (Å²) < 4.78 is 0. The number of nitrogens with one attached hydrogen (secondary N) is 2. The minimum atomic E-state index is -0.00478. The number of hydrogen-bond acceptors (Lipinski definition) is 5. The van der Waals surface area contributed by atoms with Crippen molar-refractivity contribution in [2.24, 2.45) is 0 Å². The van der Waals surface area contributed by atoms with Crippen LogP contribution in [0.4, 0.5) is 5.82 Å². The summed E-state index contributed by atoms with van der Waals surface area (Å²) in [6.45, 7) is 5.21. The van der Waals surface area contributed by atoms with Crippen molar-refractivity contribution in [1.29, 1.82) is 0 Å². The number of benzene rings is 2. The monoisotopic (exact) mass is 441 g/mol. The molecular formula is C27H31N5O. The Morgan fingerprint density at radius 1 is 0.970 bits per heavy atom. The normalized spacial score (nSPS) is 17.0. The van der Waals surface area contributed by atoms with E-state index in [-0.39, 0.29) is 5.91 Å². The molecule has 0 unspecified atom stereocenters. The summed E-state index contributed by atoms with van der Waals surface area (Å²) in [6.07, 6.45) is 6.24. The zero-order chi connectivity index (χ0) is 22.6. The fourth-order valence-corrected chi connectivity index (χ4v) is 4.26. The van der Waals surface area contributed by atoms with E-state index in [1.807, 2.05) is 37.4 Å². The van der Waals surface area contributed by atoms with E-state index in [0.29, 0.717) is 23.5 Å². The van der Waals surface area contributed by atoms with Crippen molar-refractivity contribution >= 4 is 11.7 Å². The molecule has 33 heavy (non-hydrogen) atoms. The van der Waals surface area contributed by atoms with Gasteiger partial charge in [0.2, 0.25) is 0 Å². The topological polar surface area (TPSA) is 70.1 Å². The highest BCUT2D eigenvalue weighted by atomic mass is 16.1. The predicted molar refractivity (Wildman–Crippen MR) is 131 cm³/mol. The number of amides is 1. The third kappa shape index (κ3) is 5.57. The van der Waals surface area contributed by atoms with Gasteiger partial charge in [-0.15, -0.1) is 0 Å². The van der Waals surface area contributed by atoms with Crippen molar-refractivity contribution in [2.75, 3.05) is 18.4 Å². The number of likely N-dealkylation sites (tertiary alicyclic amines) is 1. The highest BCUT2D eigenvalue weighted by Gasteiger charge is 2.24. The van der Waals surface area contributed by atoms with E-state index in [0.717, 1.165) is 62.3 Å². The first-order valence-electron chi connectivity index (χ1n) is 11.9. The summed E-state index contributed by atoms with van der Waals surface area (Å²) in [5.41, 5.74) is 4.01. The van der Waals surface area contributed by atoms with Gasteiger partial charge >= 0.3 is 0 Å². The zero-order valence-corrected chi connectivity index (χ0v) is 19.1. The van der Waals surface area contributed by atoms with Crippen LogP contribution in [0.1, 0.15) is 47.2 Å². The van der Waals surface area contributed by atoms with E-state index in [2.05, 4.69) is 50.8 Å². The smallest absolute Gasteiger partial charge is 0.251 e. The lowest BCUT2D eigenvalue weighted by Gasteiger charge is -2.33. The molecule has 170 valence electrons. The van der Waals surface area contributed by atoms with Gasteiger partial charge in [-0.05, 0) is 50.3 Å². The summed E-state index contributed by atoms with van der Waals surface area (Å²) in [5, 5.41) is 6.68. The van der Waals surface area contributed by atoms with Gasteiger partial charge in [0.25, 0.3) is 5.91 Å². The molecule has 1 saturated heterocycles.